The van der Waals surface area contributed by atoms with Crippen LogP contribution in [-0.4, -0.2) is 65.2 Å². The monoisotopic (exact) mass is 535 g/mol. The summed E-state index contributed by atoms with van der Waals surface area (Å²) in [6, 6.07) is 2.98. The zero-order chi connectivity index (χ0) is 28.2. The van der Waals surface area contributed by atoms with Gasteiger partial charge in [-0.1, -0.05) is 11.6 Å². The van der Waals surface area contributed by atoms with Crippen molar-refractivity contribution in [2.45, 2.75) is 38.5 Å². The third-order valence-electron chi connectivity index (χ3n) is 8.27. The number of ether oxygens (including phenoxy) is 2. The van der Waals surface area contributed by atoms with E-state index in [2.05, 4.69) is 0 Å². The van der Waals surface area contributed by atoms with Crippen LogP contribution in [-0.2, 0) is 24.0 Å². The molecule has 39 heavy (non-hydrogen) atoms. The molecule has 0 saturated carbocycles. The van der Waals surface area contributed by atoms with E-state index in [0.29, 0.717) is 11.3 Å². The van der Waals surface area contributed by atoms with Gasteiger partial charge in [0.2, 0.25) is 11.8 Å². The number of hydrogen-bond acceptors (Lipinski definition) is 8. The SMILES string of the molecule is COc1cc(O)c(C2C3=CCC4C(=O)N(CCCC(=O)O)C(=O)C4C3CC3=C2C(=O)C(C)=CC3=O)c(OC)c1. The van der Waals surface area contributed by atoms with Crippen molar-refractivity contribution in [3.8, 4) is 17.2 Å². The van der Waals surface area contributed by atoms with Crippen LogP contribution in [0, 0.1) is 17.8 Å². The number of carbonyl (C=O) groups excluding carboxylic acids is 4. The van der Waals surface area contributed by atoms with E-state index in [4.69, 9.17) is 14.6 Å². The first-order chi connectivity index (χ1) is 18.6. The van der Waals surface area contributed by atoms with E-state index in [-0.39, 0.29) is 83.5 Å². The molecule has 1 aromatic carbocycles. The van der Waals surface area contributed by atoms with E-state index in [0.717, 1.165) is 4.90 Å². The van der Waals surface area contributed by atoms with Gasteiger partial charge in [-0.15, -0.1) is 0 Å². The fraction of sp³-hybridized carbons (Fsp3) is 0.414. The standard InChI is InChI=1S/C29H29NO9/c1-13-9-19(31)18-12-17-15(6-7-16-23(17)29(37)30(28(16)36)8-4-5-22(33)34)24(25(18)27(13)35)26-20(32)10-14(38-2)11-21(26)39-3/h6,9-11,16-17,23-24,32H,4-5,7-8,12H2,1-3H3,(H,33,34). The van der Waals surface area contributed by atoms with E-state index in [1.54, 1.807) is 13.0 Å². The first kappa shape index (κ1) is 26.4. The number of nitrogens with zero attached hydrogens (tertiary/aromatic N) is 1. The number of Topliss-reactive ketones (excluding diaryl/α,β-unsaturated/α-hetero) is 1. The van der Waals surface area contributed by atoms with Crippen molar-refractivity contribution < 1.29 is 43.7 Å². The number of amides is 2. The lowest BCUT2D eigenvalue weighted by molar-refractivity contribution is -0.142. The lowest BCUT2D eigenvalue weighted by Crippen LogP contribution is -2.40. The molecule has 1 aromatic rings. The van der Waals surface area contributed by atoms with Crippen molar-refractivity contribution in [3.63, 3.8) is 0 Å². The Morgan fingerprint density at radius 3 is 2.49 bits per heavy atom. The highest BCUT2D eigenvalue weighted by atomic mass is 16.5. The number of allylic oxidation sites excluding steroid dienone is 6. The number of methoxy groups -OCH3 is 2. The van der Waals surface area contributed by atoms with Crippen molar-refractivity contribution in [1.29, 1.82) is 0 Å². The third kappa shape index (κ3) is 4.14. The summed E-state index contributed by atoms with van der Waals surface area (Å²) in [4.78, 5) is 65.7. The molecule has 0 bridgehead atoms. The molecule has 1 heterocycles. The molecule has 10 heteroatoms. The van der Waals surface area contributed by atoms with Crippen LogP contribution in [0.3, 0.4) is 0 Å². The van der Waals surface area contributed by atoms with Crippen LogP contribution in [0.5, 0.6) is 17.2 Å². The Morgan fingerprint density at radius 1 is 1.08 bits per heavy atom. The summed E-state index contributed by atoms with van der Waals surface area (Å²) in [5, 5.41) is 20.1. The number of fused-ring (bicyclic) bond motifs is 3. The van der Waals surface area contributed by atoms with Gasteiger partial charge in [-0.2, -0.15) is 0 Å². The Kier molecular flexibility index (Phi) is 6.65. The zero-order valence-electron chi connectivity index (χ0n) is 21.9. The molecule has 1 saturated heterocycles. The Labute approximate surface area is 224 Å². The molecule has 0 aromatic heterocycles. The summed E-state index contributed by atoms with van der Waals surface area (Å²) in [5.41, 5.74) is 1.75. The molecule has 4 unspecified atom stereocenters. The van der Waals surface area contributed by atoms with Crippen LogP contribution in [0.1, 0.15) is 44.1 Å². The molecule has 1 aliphatic heterocycles. The second-order valence-electron chi connectivity index (χ2n) is 10.3. The Balaban J connectivity index is 1.64. The minimum Gasteiger partial charge on any atom is -0.507 e. The first-order valence-electron chi connectivity index (χ1n) is 12.8. The molecule has 3 aliphatic carbocycles. The van der Waals surface area contributed by atoms with Crippen molar-refractivity contribution >= 4 is 29.4 Å². The van der Waals surface area contributed by atoms with E-state index in [9.17, 15) is 29.1 Å². The summed E-state index contributed by atoms with van der Waals surface area (Å²) in [6.45, 7) is 1.57. The highest BCUT2D eigenvalue weighted by molar-refractivity contribution is 6.24. The topological polar surface area (TPSA) is 148 Å². The third-order valence-corrected chi connectivity index (χ3v) is 8.27. The average molecular weight is 536 g/mol. The number of imide groups is 1. The molecule has 2 N–H and O–H groups in total. The summed E-state index contributed by atoms with van der Waals surface area (Å²) in [6.07, 6.45) is 3.46. The van der Waals surface area contributed by atoms with E-state index in [1.807, 2.05) is 6.08 Å². The number of phenols is 1. The van der Waals surface area contributed by atoms with Gasteiger partial charge in [0.05, 0.1) is 26.1 Å². The van der Waals surface area contributed by atoms with Gasteiger partial charge in [-0.25, -0.2) is 0 Å². The van der Waals surface area contributed by atoms with E-state index < -0.39 is 35.5 Å². The lowest BCUT2D eigenvalue weighted by atomic mass is 9.59. The van der Waals surface area contributed by atoms with Crippen molar-refractivity contribution in [2.75, 3.05) is 20.8 Å². The highest BCUT2D eigenvalue weighted by Gasteiger charge is 2.56. The Bertz CT molecular complexity index is 1420. The minimum absolute atomic E-state index is 0.00281. The number of rotatable bonds is 7. The van der Waals surface area contributed by atoms with Crippen LogP contribution in [0.2, 0.25) is 0 Å². The van der Waals surface area contributed by atoms with Gasteiger partial charge in [0.15, 0.2) is 11.6 Å². The first-order valence-corrected chi connectivity index (χ1v) is 12.8. The number of likely N-dealkylation sites (tertiary alicyclic amines) is 1. The normalized spacial score (nSPS) is 26.1. The number of carboxylic acid groups (broad SMARTS) is 1. The number of carbonyl (C=O) groups is 5. The summed E-state index contributed by atoms with van der Waals surface area (Å²) in [7, 11) is 2.86. The quantitative estimate of drug-likeness (QED) is 0.305. The fourth-order valence-electron chi connectivity index (χ4n) is 6.53. The van der Waals surface area contributed by atoms with Crippen molar-refractivity contribution in [1.82, 2.24) is 4.90 Å². The Morgan fingerprint density at radius 2 is 1.82 bits per heavy atom. The summed E-state index contributed by atoms with van der Waals surface area (Å²) < 4.78 is 10.9. The van der Waals surface area contributed by atoms with Crippen molar-refractivity contribution in [2.24, 2.45) is 17.8 Å². The van der Waals surface area contributed by atoms with Gasteiger partial charge in [0.25, 0.3) is 0 Å². The summed E-state index contributed by atoms with van der Waals surface area (Å²) >= 11 is 0. The second-order valence-corrected chi connectivity index (χ2v) is 10.3. The number of ketones is 2. The van der Waals surface area contributed by atoms with Gasteiger partial charge in [0.1, 0.15) is 17.2 Å². The minimum atomic E-state index is -1.01. The zero-order valence-corrected chi connectivity index (χ0v) is 21.9. The van der Waals surface area contributed by atoms with Crippen molar-refractivity contribution in [3.05, 3.63) is 52.1 Å². The molecule has 2 amide bonds. The van der Waals surface area contributed by atoms with Crippen LogP contribution in [0.25, 0.3) is 0 Å². The van der Waals surface area contributed by atoms with Crippen LogP contribution in [0.4, 0.5) is 0 Å². The predicted octanol–water partition coefficient (Wildman–Crippen LogP) is 2.70. The number of benzene rings is 1. The number of carboxylic acids is 1. The summed E-state index contributed by atoms with van der Waals surface area (Å²) in [5.74, 6) is -4.87. The number of aromatic hydroxyl groups is 1. The molecule has 1 fully saturated rings. The van der Waals surface area contributed by atoms with E-state index in [1.165, 1.54) is 26.4 Å². The molecule has 0 spiro atoms. The van der Waals surface area contributed by atoms with Gasteiger partial charge in [-0.3, -0.25) is 28.9 Å². The van der Waals surface area contributed by atoms with Gasteiger partial charge >= 0.3 is 5.97 Å². The molecular formula is C29H29NO9. The molecule has 4 atom stereocenters. The maximum Gasteiger partial charge on any atom is 0.303 e. The number of aliphatic carboxylic acids is 1. The predicted molar refractivity (Wildman–Crippen MR) is 136 cm³/mol. The largest absolute Gasteiger partial charge is 0.507 e. The van der Waals surface area contributed by atoms with E-state index >= 15 is 0 Å². The van der Waals surface area contributed by atoms with Gasteiger partial charge < -0.3 is 19.7 Å². The molecule has 5 rings (SSSR count). The molecule has 4 aliphatic rings. The van der Waals surface area contributed by atoms with Crippen LogP contribution >= 0.6 is 0 Å². The van der Waals surface area contributed by atoms with Crippen LogP contribution in [0.15, 0.2) is 46.6 Å². The molecule has 10 nitrogen and oxygen atoms in total. The second kappa shape index (κ2) is 9.83. The van der Waals surface area contributed by atoms with Gasteiger partial charge in [0, 0.05) is 53.3 Å². The molecular weight excluding hydrogens is 506 g/mol. The lowest BCUT2D eigenvalue weighted by Gasteiger charge is -2.42. The molecule has 204 valence electrons. The average Bonchev–Trinajstić information content (AvgIpc) is 3.15. The number of phenolic OH excluding ortho intramolecular Hbond substituents is 1. The fourth-order valence-corrected chi connectivity index (χ4v) is 6.53. The molecule has 0 radical (unpaired) electrons. The van der Waals surface area contributed by atoms with Gasteiger partial charge in [-0.05, 0) is 38.2 Å². The maximum atomic E-state index is 13.6. The smallest absolute Gasteiger partial charge is 0.303 e. The van der Waals surface area contributed by atoms with Crippen LogP contribution < -0.4 is 9.47 Å². The Hall–Kier alpha value is -4.21. The number of hydrogen-bond donors (Lipinski definition) is 2. The highest BCUT2D eigenvalue weighted by Crippen LogP contribution is 2.57. The maximum absolute atomic E-state index is 13.6.